The molecular formula is C24H29ClO8. The van der Waals surface area contributed by atoms with Crippen LogP contribution < -0.4 is 4.74 Å². The van der Waals surface area contributed by atoms with Crippen molar-refractivity contribution in [3.63, 3.8) is 0 Å². The van der Waals surface area contributed by atoms with Gasteiger partial charge < -0.3 is 40.1 Å². The van der Waals surface area contributed by atoms with Crippen LogP contribution in [0.15, 0.2) is 42.5 Å². The van der Waals surface area contributed by atoms with Crippen LogP contribution in [-0.4, -0.2) is 73.9 Å². The Morgan fingerprint density at radius 3 is 2.36 bits per heavy atom. The van der Waals surface area contributed by atoms with E-state index in [0.29, 0.717) is 22.8 Å². The van der Waals surface area contributed by atoms with Crippen molar-refractivity contribution in [3.8, 4) is 5.75 Å². The van der Waals surface area contributed by atoms with Gasteiger partial charge in [0, 0.05) is 10.6 Å². The molecule has 8 nitrogen and oxygen atoms in total. The van der Waals surface area contributed by atoms with Gasteiger partial charge in [-0.1, -0.05) is 29.8 Å². The van der Waals surface area contributed by atoms with E-state index in [2.05, 4.69) is 0 Å². The van der Waals surface area contributed by atoms with E-state index in [-0.39, 0.29) is 11.7 Å². The molecule has 180 valence electrons. The zero-order valence-corrected chi connectivity index (χ0v) is 18.7. The van der Waals surface area contributed by atoms with Gasteiger partial charge in [0.25, 0.3) is 0 Å². The van der Waals surface area contributed by atoms with Crippen LogP contribution in [0.25, 0.3) is 0 Å². The van der Waals surface area contributed by atoms with E-state index in [4.69, 9.17) is 21.1 Å². The standard InChI is InChI=1S/C24H29ClO8/c25-17-9-6-15(24(31)23(30)22(29)21(28)20(12-26)33-24)11-14(17)10-13-4-7-16(8-5-13)32-19-3-1-2-18(19)27/h4-9,11,18-23,26-31H,1-3,10,12H2/t18-,19+,20+,21+,22-,23+,24-/m0/s1. The topological polar surface area (TPSA) is 140 Å². The minimum absolute atomic E-state index is 0.133. The van der Waals surface area contributed by atoms with Gasteiger partial charge in [0.1, 0.15) is 36.3 Å². The lowest BCUT2D eigenvalue weighted by Gasteiger charge is -2.45. The van der Waals surface area contributed by atoms with Crippen molar-refractivity contribution < 1.29 is 40.1 Å². The molecule has 0 bridgehead atoms. The Labute approximate surface area is 196 Å². The lowest BCUT2D eigenvalue weighted by molar-refractivity contribution is -0.357. The van der Waals surface area contributed by atoms with Crippen molar-refractivity contribution in [1.82, 2.24) is 0 Å². The van der Waals surface area contributed by atoms with Crippen LogP contribution in [0.3, 0.4) is 0 Å². The van der Waals surface area contributed by atoms with Crippen molar-refractivity contribution in [2.24, 2.45) is 0 Å². The first kappa shape index (κ1) is 24.4. The van der Waals surface area contributed by atoms with Gasteiger partial charge in [-0.05, 0) is 61.1 Å². The molecule has 2 aromatic carbocycles. The van der Waals surface area contributed by atoms with Gasteiger partial charge >= 0.3 is 0 Å². The van der Waals surface area contributed by atoms with Gasteiger partial charge in [-0.3, -0.25) is 0 Å². The van der Waals surface area contributed by atoms with Crippen molar-refractivity contribution in [1.29, 1.82) is 0 Å². The highest BCUT2D eigenvalue weighted by atomic mass is 35.5. The molecule has 0 spiro atoms. The third kappa shape index (κ3) is 4.89. The van der Waals surface area contributed by atoms with Crippen molar-refractivity contribution in [2.75, 3.05) is 6.61 Å². The minimum atomic E-state index is -2.34. The fraction of sp³-hybridized carbons (Fsp3) is 0.500. The van der Waals surface area contributed by atoms with Crippen molar-refractivity contribution >= 4 is 11.6 Å². The first-order chi connectivity index (χ1) is 15.7. The van der Waals surface area contributed by atoms with E-state index in [1.165, 1.54) is 6.07 Å². The first-order valence-corrected chi connectivity index (χ1v) is 11.4. The lowest BCUT2D eigenvalue weighted by atomic mass is 9.87. The number of ether oxygens (including phenoxy) is 2. The van der Waals surface area contributed by atoms with Crippen LogP contribution in [-0.2, 0) is 16.9 Å². The van der Waals surface area contributed by atoms with E-state index >= 15 is 0 Å². The maximum Gasteiger partial charge on any atom is 0.222 e. The van der Waals surface area contributed by atoms with E-state index in [1.54, 1.807) is 12.1 Å². The van der Waals surface area contributed by atoms with Crippen LogP contribution in [0.1, 0.15) is 36.0 Å². The monoisotopic (exact) mass is 480 g/mol. The fourth-order valence-corrected chi connectivity index (χ4v) is 4.63. The van der Waals surface area contributed by atoms with E-state index in [0.717, 1.165) is 24.8 Å². The van der Waals surface area contributed by atoms with Gasteiger partial charge in [-0.25, -0.2) is 0 Å². The smallest absolute Gasteiger partial charge is 0.222 e. The largest absolute Gasteiger partial charge is 0.488 e. The zero-order valence-electron chi connectivity index (χ0n) is 17.9. The minimum Gasteiger partial charge on any atom is -0.488 e. The first-order valence-electron chi connectivity index (χ1n) is 11.0. The number of aliphatic hydroxyl groups excluding tert-OH is 5. The van der Waals surface area contributed by atoms with Crippen LogP contribution in [0.2, 0.25) is 5.02 Å². The molecular weight excluding hydrogens is 452 g/mol. The fourth-order valence-electron chi connectivity index (χ4n) is 4.45. The number of benzene rings is 2. The highest BCUT2D eigenvalue weighted by Gasteiger charge is 2.53. The zero-order chi connectivity index (χ0) is 23.8. The summed E-state index contributed by atoms with van der Waals surface area (Å²) < 4.78 is 11.3. The summed E-state index contributed by atoms with van der Waals surface area (Å²) in [6.45, 7) is -0.653. The summed E-state index contributed by atoms with van der Waals surface area (Å²) in [6, 6.07) is 12.0. The second-order valence-corrected chi connectivity index (χ2v) is 9.15. The average molecular weight is 481 g/mol. The van der Waals surface area contributed by atoms with Crippen LogP contribution in [0.4, 0.5) is 0 Å². The predicted molar refractivity (Wildman–Crippen MR) is 119 cm³/mol. The van der Waals surface area contributed by atoms with Crippen LogP contribution in [0.5, 0.6) is 5.75 Å². The number of aliphatic hydroxyl groups is 6. The summed E-state index contributed by atoms with van der Waals surface area (Å²) in [7, 11) is 0. The molecule has 9 heteroatoms. The number of hydrogen-bond donors (Lipinski definition) is 6. The second-order valence-electron chi connectivity index (χ2n) is 8.74. The highest BCUT2D eigenvalue weighted by Crippen LogP contribution is 2.38. The summed E-state index contributed by atoms with van der Waals surface area (Å²) in [6.07, 6.45) is -4.11. The molecule has 1 saturated heterocycles. The predicted octanol–water partition coefficient (Wildman–Crippen LogP) is 0.842. The molecule has 1 saturated carbocycles. The second kappa shape index (κ2) is 9.85. The normalized spacial score (nSPS) is 34.4. The van der Waals surface area contributed by atoms with Crippen LogP contribution >= 0.6 is 11.6 Å². The Balaban J connectivity index is 1.53. The Hall–Kier alpha value is -1.75. The van der Waals surface area contributed by atoms with Gasteiger partial charge in [-0.2, -0.15) is 0 Å². The molecule has 0 aromatic heterocycles. The van der Waals surface area contributed by atoms with Crippen molar-refractivity contribution in [3.05, 3.63) is 64.2 Å². The molecule has 1 aliphatic heterocycles. The summed E-state index contributed by atoms with van der Waals surface area (Å²) in [5, 5.41) is 61.4. The number of hydrogen-bond acceptors (Lipinski definition) is 8. The lowest BCUT2D eigenvalue weighted by Crippen LogP contribution is -2.63. The molecule has 2 fully saturated rings. The maximum atomic E-state index is 11.0. The van der Waals surface area contributed by atoms with Gasteiger partial charge in [-0.15, -0.1) is 0 Å². The number of halogens is 1. The Bertz CT molecular complexity index is 952. The molecule has 0 amide bonds. The van der Waals surface area contributed by atoms with Gasteiger partial charge in [0.05, 0.1) is 12.7 Å². The highest BCUT2D eigenvalue weighted by molar-refractivity contribution is 6.31. The molecule has 7 atom stereocenters. The molecule has 2 aliphatic rings. The average Bonchev–Trinajstić information content (AvgIpc) is 3.21. The SMILES string of the molecule is OC[C@H]1O[C@@](O)(c2ccc(Cl)c(Cc3ccc(O[C@@H]4CCC[C@@H]4O)cc3)c2)[C@H](O)[C@@H](O)[C@@H]1O. The molecule has 2 aromatic rings. The molecule has 4 rings (SSSR count). The summed E-state index contributed by atoms with van der Waals surface area (Å²) in [5.74, 6) is -1.68. The molecule has 0 radical (unpaired) electrons. The van der Waals surface area contributed by atoms with Crippen LogP contribution in [0, 0.1) is 0 Å². The van der Waals surface area contributed by atoms with Gasteiger partial charge in [0.15, 0.2) is 0 Å². The maximum absolute atomic E-state index is 11.0. The van der Waals surface area contributed by atoms with Gasteiger partial charge in [0.2, 0.25) is 5.79 Å². The Kier molecular flexibility index (Phi) is 7.28. The summed E-state index contributed by atoms with van der Waals surface area (Å²) in [4.78, 5) is 0. The Morgan fingerprint density at radius 2 is 1.73 bits per heavy atom. The Morgan fingerprint density at radius 1 is 1.00 bits per heavy atom. The number of rotatable bonds is 6. The van der Waals surface area contributed by atoms with E-state index in [9.17, 15) is 30.6 Å². The molecule has 1 heterocycles. The van der Waals surface area contributed by atoms with E-state index < -0.39 is 42.9 Å². The molecule has 1 aliphatic carbocycles. The van der Waals surface area contributed by atoms with Crippen molar-refractivity contribution in [2.45, 2.75) is 68.1 Å². The quantitative estimate of drug-likeness (QED) is 0.357. The van der Waals surface area contributed by atoms with E-state index in [1.807, 2.05) is 24.3 Å². The third-order valence-corrected chi connectivity index (χ3v) is 6.82. The molecule has 33 heavy (non-hydrogen) atoms. The summed E-state index contributed by atoms with van der Waals surface area (Å²) >= 11 is 6.37. The molecule has 6 N–H and O–H groups in total. The molecule has 0 unspecified atom stereocenters. The third-order valence-electron chi connectivity index (χ3n) is 6.45. The summed E-state index contributed by atoms with van der Waals surface area (Å²) in [5.41, 5.74) is 1.68.